The molecule has 0 bridgehead atoms. The number of aromatic nitrogens is 2. The molecule has 4 aromatic rings. The molecule has 2 atom stereocenters. The number of nitrogens with one attached hydrogen (secondary N) is 1. The fourth-order valence-corrected chi connectivity index (χ4v) is 5.50. The molecular weight excluding hydrogens is 440 g/mol. The number of rotatable bonds is 4. The Balaban J connectivity index is 1.71. The smallest absolute Gasteiger partial charge is 0.174 e. The maximum atomic E-state index is 9.86. The number of phenols is 1. The maximum Gasteiger partial charge on any atom is 0.174 e. The van der Waals surface area contributed by atoms with Crippen molar-refractivity contribution in [2.24, 2.45) is 0 Å². The van der Waals surface area contributed by atoms with Crippen molar-refractivity contribution >= 4 is 23.0 Å². The summed E-state index contributed by atoms with van der Waals surface area (Å²) in [6.07, 6.45) is 1.82. The van der Waals surface area contributed by atoms with Gasteiger partial charge in [0.2, 0.25) is 0 Å². The molecule has 0 radical (unpaired) electrons. The Bertz CT molecular complexity index is 1340. The van der Waals surface area contributed by atoms with Crippen LogP contribution in [0.1, 0.15) is 45.9 Å². The summed E-state index contributed by atoms with van der Waals surface area (Å²) in [7, 11) is 0. The highest BCUT2D eigenvalue weighted by Gasteiger charge is 2.42. The summed E-state index contributed by atoms with van der Waals surface area (Å²) < 4.78 is 2.35. The van der Waals surface area contributed by atoms with Gasteiger partial charge in [-0.3, -0.25) is 4.98 Å². The van der Waals surface area contributed by atoms with Gasteiger partial charge < -0.3 is 19.9 Å². The lowest BCUT2D eigenvalue weighted by molar-refractivity contribution is 0.475. The number of aromatic hydroxyl groups is 1. The molecule has 2 unspecified atom stereocenters. The van der Waals surface area contributed by atoms with Crippen molar-refractivity contribution in [1.82, 2.24) is 14.9 Å². The zero-order valence-corrected chi connectivity index (χ0v) is 20.6. The monoisotopic (exact) mass is 468 g/mol. The molecule has 0 aliphatic carbocycles. The number of benzene rings is 2. The molecule has 6 heteroatoms. The largest absolute Gasteiger partial charge is 0.508 e. The molecule has 34 heavy (non-hydrogen) atoms. The Morgan fingerprint density at radius 1 is 0.912 bits per heavy atom. The van der Waals surface area contributed by atoms with E-state index in [-0.39, 0.29) is 17.8 Å². The molecule has 5 rings (SSSR count). The first kappa shape index (κ1) is 22.2. The summed E-state index contributed by atoms with van der Waals surface area (Å²) in [6, 6.07) is 21.7. The van der Waals surface area contributed by atoms with Crippen LogP contribution < -0.4 is 10.2 Å². The molecule has 3 heterocycles. The summed E-state index contributed by atoms with van der Waals surface area (Å²) in [6.45, 7) is 8.66. The molecule has 2 aromatic carbocycles. The normalized spacial score (nSPS) is 17.8. The Hall–Kier alpha value is -3.64. The van der Waals surface area contributed by atoms with Crippen LogP contribution in [-0.4, -0.2) is 19.8 Å². The van der Waals surface area contributed by atoms with Gasteiger partial charge in [0, 0.05) is 23.3 Å². The molecule has 0 saturated carbocycles. The van der Waals surface area contributed by atoms with Crippen molar-refractivity contribution in [3.63, 3.8) is 0 Å². The molecule has 1 fully saturated rings. The minimum Gasteiger partial charge on any atom is -0.508 e. The number of aryl methyl sites for hydroxylation is 3. The number of pyridine rings is 1. The van der Waals surface area contributed by atoms with Crippen molar-refractivity contribution in [3.05, 3.63) is 107 Å². The SMILES string of the molecule is Cc1cccc(C)c1-n1c(C)cc(C2C(c3ccccn3)NC(=S)N2c2ccc(O)cc2)c1C. The fourth-order valence-electron chi connectivity index (χ4n) is 5.15. The van der Waals surface area contributed by atoms with E-state index in [0.29, 0.717) is 5.11 Å². The lowest BCUT2D eigenvalue weighted by Crippen LogP contribution is -2.29. The van der Waals surface area contributed by atoms with E-state index >= 15 is 0 Å². The minimum absolute atomic E-state index is 0.101. The van der Waals surface area contributed by atoms with Gasteiger partial charge in [-0.1, -0.05) is 24.3 Å². The van der Waals surface area contributed by atoms with Crippen molar-refractivity contribution < 1.29 is 5.11 Å². The van der Waals surface area contributed by atoms with Crippen LogP contribution in [0.2, 0.25) is 0 Å². The molecule has 1 aliphatic heterocycles. The molecule has 1 saturated heterocycles. The summed E-state index contributed by atoms with van der Waals surface area (Å²) in [5.41, 5.74) is 9.11. The predicted octanol–water partition coefficient (Wildman–Crippen LogP) is 5.99. The second-order valence-corrected chi connectivity index (χ2v) is 9.30. The van der Waals surface area contributed by atoms with Gasteiger partial charge in [-0.05, 0) is 99.1 Å². The zero-order valence-electron chi connectivity index (χ0n) is 19.8. The van der Waals surface area contributed by atoms with Crippen LogP contribution in [0, 0.1) is 27.7 Å². The van der Waals surface area contributed by atoms with Crippen LogP contribution in [0.3, 0.4) is 0 Å². The average molecular weight is 469 g/mol. The highest BCUT2D eigenvalue weighted by molar-refractivity contribution is 7.80. The quantitative estimate of drug-likeness (QED) is 0.361. The molecule has 1 aliphatic rings. The second kappa shape index (κ2) is 8.61. The van der Waals surface area contributed by atoms with Gasteiger partial charge in [-0.15, -0.1) is 0 Å². The van der Waals surface area contributed by atoms with Crippen LogP contribution in [0.25, 0.3) is 5.69 Å². The number of nitrogens with zero attached hydrogens (tertiary/aromatic N) is 3. The highest BCUT2D eigenvalue weighted by atomic mass is 32.1. The first-order valence-corrected chi connectivity index (χ1v) is 11.8. The number of phenolic OH excluding ortho intramolecular Hbond substituents is 1. The summed E-state index contributed by atoms with van der Waals surface area (Å²) in [5, 5.41) is 14.0. The van der Waals surface area contributed by atoms with Crippen LogP contribution in [0.5, 0.6) is 5.75 Å². The van der Waals surface area contributed by atoms with Gasteiger partial charge in [-0.25, -0.2) is 0 Å². The third kappa shape index (κ3) is 3.64. The molecule has 172 valence electrons. The molecule has 2 N–H and O–H groups in total. The third-order valence-electron chi connectivity index (χ3n) is 6.68. The molecule has 0 spiro atoms. The Morgan fingerprint density at radius 2 is 1.62 bits per heavy atom. The Labute approximate surface area is 205 Å². The maximum absolute atomic E-state index is 9.86. The average Bonchev–Trinajstić information content (AvgIpc) is 3.31. The number of hydrogen-bond donors (Lipinski definition) is 2. The van der Waals surface area contributed by atoms with Crippen LogP contribution >= 0.6 is 12.2 Å². The van der Waals surface area contributed by atoms with E-state index in [1.165, 1.54) is 33.8 Å². The molecule has 0 amide bonds. The zero-order chi connectivity index (χ0) is 24.0. The lowest BCUT2D eigenvalue weighted by Gasteiger charge is -2.28. The van der Waals surface area contributed by atoms with E-state index < -0.39 is 0 Å². The summed E-state index contributed by atoms with van der Waals surface area (Å²) >= 11 is 5.85. The topological polar surface area (TPSA) is 53.3 Å². The number of para-hydroxylation sites is 1. The van der Waals surface area contributed by atoms with Crippen LogP contribution in [0.4, 0.5) is 5.69 Å². The van der Waals surface area contributed by atoms with Gasteiger partial charge >= 0.3 is 0 Å². The second-order valence-electron chi connectivity index (χ2n) is 8.92. The number of hydrogen-bond acceptors (Lipinski definition) is 3. The van der Waals surface area contributed by atoms with Gasteiger partial charge in [0.25, 0.3) is 0 Å². The van der Waals surface area contributed by atoms with E-state index in [1.807, 2.05) is 36.5 Å². The Morgan fingerprint density at radius 3 is 2.26 bits per heavy atom. The number of thiocarbonyl (C=S) groups is 1. The van der Waals surface area contributed by atoms with E-state index in [2.05, 4.69) is 71.7 Å². The van der Waals surface area contributed by atoms with Gasteiger partial charge in [0.15, 0.2) is 5.11 Å². The third-order valence-corrected chi connectivity index (χ3v) is 6.99. The van der Waals surface area contributed by atoms with Gasteiger partial charge in [0.05, 0.1) is 23.5 Å². The Kier molecular flexibility index (Phi) is 5.62. The van der Waals surface area contributed by atoms with E-state index in [4.69, 9.17) is 12.2 Å². The molecule has 5 nitrogen and oxygen atoms in total. The fraction of sp³-hybridized carbons (Fsp3) is 0.214. The predicted molar refractivity (Wildman–Crippen MR) is 141 cm³/mol. The van der Waals surface area contributed by atoms with Gasteiger partial charge in [0.1, 0.15) is 5.75 Å². The van der Waals surface area contributed by atoms with Crippen LogP contribution in [0.15, 0.2) is 72.9 Å². The van der Waals surface area contributed by atoms with Crippen molar-refractivity contribution in [1.29, 1.82) is 0 Å². The van der Waals surface area contributed by atoms with Crippen molar-refractivity contribution in [2.75, 3.05) is 4.90 Å². The first-order chi connectivity index (χ1) is 16.4. The first-order valence-electron chi connectivity index (χ1n) is 11.4. The van der Waals surface area contributed by atoms with Crippen molar-refractivity contribution in [2.45, 2.75) is 39.8 Å². The van der Waals surface area contributed by atoms with E-state index in [9.17, 15) is 5.11 Å². The van der Waals surface area contributed by atoms with Gasteiger partial charge in [-0.2, -0.15) is 0 Å². The number of anilines is 1. The van der Waals surface area contributed by atoms with Crippen molar-refractivity contribution in [3.8, 4) is 11.4 Å². The van der Waals surface area contributed by atoms with E-state index in [0.717, 1.165) is 11.4 Å². The molecular formula is C28H28N4OS. The standard InChI is InChI=1S/C28H28N4OS/c1-17-8-7-9-18(2)26(17)31-19(3)16-23(20(31)4)27-25(24-10-5-6-15-29-24)30-28(34)32(27)21-11-13-22(33)14-12-21/h5-16,25,27,33H,1-4H3,(H,30,34). The highest BCUT2D eigenvalue weighted by Crippen LogP contribution is 2.44. The van der Waals surface area contributed by atoms with E-state index in [1.54, 1.807) is 12.1 Å². The lowest BCUT2D eigenvalue weighted by atomic mass is 9.96. The minimum atomic E-state index is -0.116. The molecule has 2 aromatic heterocycles. The summed E-state index contributed by atoms with van der Waals surface area (Å²) in [4.78, 5) is 6.81. The summed E-state index contributed by atoms with van der Waals surface area (Å²) in [5.74, 6) is 0.229. The van der Waals surface area contributed by atoms with Crippen LogP contribution in [-0.2, 0) is 0 Å².